The van der Waals surface area contributed by atoms with E-state index in [1.807, 2.05) is 6.07 Å². The number of aliphatic hydroxyl groups excluding tert-OH is 1. The zero-order valence-electron chi connectivity index (χ0n) is 40.9. The van der Waals surface area contributed by atoms with Crippen LogP contribution in [0.2, 0.25) is 0 Å². The summed E-state index contributed by atoms with van der Waals surface area (Å²) in [6.07, 6.45) is 10.4. The number of likely N-dealkylation sites (tertiary alicyclic amines) is 1. The number of nitrogens with one attached hydrogen (secondary N) is 4. The van der Waals surface area contributed by atoms with Gasteiger partial charge in [-0.3, -0.25) is 19.8 Å². The normalized spacial score (nSPS) is 23.9. The number of hydrogen-bond acceptors (Lipinski definition) is 14. The lowest BCUT2D eigenvalue weighted by atomic mass is 9.59. The van der Waals surface area contributed by atoms with Crippen molar-refractivity contribution in [3.63, 3.8) is 0 Å². The number of sulfonamides is 1. The van der Waals surface area contributed by atoms with E-state index in [0.29, 0.717) is 55.1 Å². The Bertz CT molecular complexity index is 2910. The molecule has 0 bridgehead atoms. The number of amides is 1. The minimum atomic E-state index is -4.72. The van der Waals surface area contributed by atoms with Crippen LogP contribution in [0.25, 0.3) is 11.0 Å². The predicted molar refractivity (Wildman–Crippen MR) is 272 cm³/mol. The molecule has 3 atom stereocenters. The average Bonchev–Trinajstić information content (AvgIpc) is 4.02. The van der Waals surface area contributed by atoms with Crippen LogP contribution in [-0.4, -0.2) is 101 Å². The fourth-order valence-electron chi connectivity index (χ4n) is 11.9. The summed E-state index contributed by atoms with van der Waals surface area (Å²) < 4.78 is 43.0. The molecule has 5 heterocycles. The van der Waals surface area contributed by atoms with E-state index in [1.165, 1.54) is 42.9 Å². The number of aliphatic hydroxyl groups is 2. The van der Waals surface area contributed by atoms with Crippen LogP contribution in [0.1, 0.15) is 125 Å². The highest BCUT2D eigenvalue weighted by Gasteiger charge is 2.50. The van der Waals surface area contributed by atoms with Gasteiger partial charge in [-0.1, -0.05) is 38.1 Å². The number of benzene rings is 3. The number of fused-ring (bicyclic) bond motifs is 2. The Balaban J connectivity index is 0.891. The van der Waals surface area contributed by atoms with Crippen LogP contribution in [0.15, 0.2) is 77.8 Å². The number of nitro groups is 1. The van der Waals surface area contributed by atoms with Gasteiger partial charge in [-0.25, -0.2) is 18.1 Å². The van der Waals surface area contributed by atoms with Crippen molar-refractivity contribution in [2.24, 2.45) is 11.3 Å². The van der Waals surface area contributed by atoms with Crippen LogP contribution < -0.4 is 29.7 Å². The highest BCUT2D eigenvalue weighted by molar-refractivity contribution is 7.90. The molecule has 3 aliphatic heterocycles. The first-order valence-electron chi connectivity index (χ1n) is 25.3. The van der Waals surface area contributed by atoms with Crippen molar-refractivity contribution in [3.05, 3.63) is 99.7 Å². The molecule has 6 N–H and O–H groups in total. The summed E-state index contributed by atoms with van der Waals surface area (Å²) in [5.41, 5.74) is 3.27. The molecule has 4 fully saturated rings. The fourth-order valence-corrected chi connectivity index (χ4v) is 12.9. The van der Waals surface area contributed by atoms with E-state index < -0.39 is 43.1 Å². The maximum absolute atomic E-state index is 14.4. The summed E-state index contributed by atoms with van der Waals surface area (Å²) in [7, 11) is -4.72. The number of aromatic amines is 1. The molecule has 5 aromatic rings. The van der Waals surface area contributed by atoms with Gasteiger partial charge in [0.15, 0.2) is 23.0 Å². The monoisotopic (exact) mass is 990 g/mol. The minimum absolute atomic E-state index is 0.0160. The third kappa shape index (κ3) is 10.00. The number of carbonyl (C=O) groups excluding carboxylic acids is 1. The number of ether oxygens (including phenoxy) is 2. The van der Waals surface area contributed by atoms with Gasteiger partial charge in [0.2, 0.25) is 0 Å². The first-order valence-corrected chi connectivity index (χ1v) is 26.8. The number of aromatic nitrogens is 2. The maximum atomic E-state index is 14.4. The van der Waals surface area contributed by atoms with E-state index in [2.05, 4.69) is 73.2 Å². The SMILES string of the molecule is CC(C)c1ccccc1[C@@H]1CCCN1C1CC2(CCN(c3ccc(C(=O)NS(=O)(=O)c4cc5c(c([N+](=O)[O-])c4)N[C@@H](C4CCC(C)(O)CC4)CO5)c(Oc4cc5cc[nH]c5nc4NC[C@H](C)O)c3)CC2)C1. The van der Waals surface area contributed by atoms with E-state index in [-0.39, 0.29) is 59.0 Å². The summed E-state index contributed by atoms with van der Waals surface area (Å²) in [6, 6.07) is 20.5. The second-order valence-corrected chi connectivity index (χ2v) is 23.1. The van der Waals surface area contributed by atoms with Crippen LogP contribution in [-0.2, 0) is 10.0 Å². The molecule has 0 unspecified atom stereocenters. The second-order valence-electron chi connectivity index (χ2n) is 21.4. The van der Waals surface area contributed by atoms with Crippen LogP contribution >= 0.6 is 0 Å². The van der Waals surface area contributed by atoms with Gasteiger partial charge in [0.25, 0.3) is 21.6 Å². The van der Waals surface area contributed by atoms with Crippen molar-refractivity contribution in [1.29, 1.82) is 0 Å². The van der Waals surface area contributed by atoms with Crippen LogP contribution in [0.3, 0.4) is 0 Å². The van der Waals surface area contributed by atoms with Gasteiger partial charge in [0.1, 0.15) is 18.0 Å². The van der Waals surface area contributed by atoms with Crippen LogP contribution in [0.5, 0.6) is 17.2 Å². The lowest BCUT2D eigenvalue weighted by Gasteiger charge is -2.56. The zero-order chi connectivity index (χ0) is 49.8. The van der Waals surface area contributed by atoms with Gasteiger partial charge in [-0.05, 0) is 137 Å². The Labute approximate surface area is 414 Å². The van der Waals surface area contributed by atoms with Gasteiger partial charge in [-0.15, -0.1) is 0 Å². The molecule has 1 spiro atoms. The molecule has 18 heteroatoms. The lowest BCUT2D eigenvalue weighted by molar-refractivity contribution is -0.384. The quantitative estimate of drug-likeness (QED) is 0.0451. The van der Waals surface area contributed by atoms with Crippen molar-refractivity contribution in [3.8, 4) is 17.2 Å². The molecule has 2 aromatic heterocycles. The van der Waals surface area contributed by atoms with E-state index in [0.717, 1.165) is 49.6 Å². The van der Waals surface area contributed by atoms with Gasteiger partial charge in [-0.2, -0.15) is 0 Å². The van der Waals surface area contributed by atoms with E-state index in [4.69, 9.17) is 9.47 Å². The largest absolute Gasteiger partial charge is 0.489 e. The predicted octanol–water partition coefficient (Wildman–Crippen LogP) is 9.00. The Morgan fingerprint density at radius 2 is 1.76 bits per heavy atom. The summed E-state index contributed by atoms with van der Waals surface area (Å²) in [5.74, 6) is 0.145. The van der Waals surface area contributed by atoms with E-state index in [1.54, 1.807) is 44.3 Å². The molecule has 5 aliphatic rings. The number of carbonyl (C=O) groups is 1. The van der Waals surface area contributed by atoms with Crippen molar-refractivity contribution >= 4 is 49.8 Å². The molecule has 17 nitrogen and oxygen atoms in total. The molecule has 378 valence electrons. The van der Waals surface area contributed by atoms with Crippen molar-refractivity contribution in [2.75, 3.05) is 48.3 Å². The Hall–Kier alpha value is -5.95. The molecule has 1 amide bonds. The molecular weight excluding hydrogens is 925 g/mol. The first-order chi connectivity index (χ1) is 33.9. The summed E-state index contributed by atoms with van der Waals surface area (Å²) in [5, 5.41) is 40.2. The summed E-state index contributed by atoms with van der Waals surface area (Å²) in [4.78, 5) is 38.5. The third-order valence-corrected chi connectivity index (χ3v) is 17.3. The molecule has 0 radical (unpaired) electrons. The van der Waals surface area contributed by atoms with E-state index >= 15 is 0 Å². The second kappa shape index (κ2) is 19.2. The topological polar surface area (TPSA) is 225 Å². The summed E-state index contributed by atoms with van der Waals surface area (Å²) >= 11 is 0. The number of piperidine rings is 1. The van der Waals surface area contributed by atoms with Gasteiger partial charge >= 0.3 is 0 Å². The fraction of sp³-hybridized carbons (Fsp3) is 0.509. The van der Waals surface area contributed by atoms with Gasteiger partial charge < -0.3 is 40.2 Å². The molecule has 2 saturated carbocycles. The lowest BCUT2D eigenvalue weighted by Crippen LogP contribution is -2.54. The van der Waals surface area contributed by atoms with E-state index in [9.17, 15) is 33.5 Å². The number of anilines is 3. The third-order valence-electron chi connectivity index (χ3n) is 16.0. The average molecular weight is 991 g/mol. The number of pyridine rings is 1. The van der Waals surface area contributed by atoms with Crippen molar-refractivity contribution < 1.29 is 37.8 Å². The number of nitro benzene ring substituents is 1. The van der Waals surface area contributed by atoms with Gasteiger partial charge in [0, 0.05) is 67.2 Å². The number of H-pyrrole nitrogens is 1. The molecule has 10 rings (SSSR count). The number of hydrogen-bond donors (Lipinski definition) is 6. The first kappa shape index (κ1) is 48.7. The van der Waals surface area contributed by atoms with Crippen molar-refractivity contribution in [1.82, 2.24) is 19.6 Å². The standard InChI is InChI=1S/C53H66N8O9S/c1-32(2)39-8-5-6-9-40(39)43-10-7-21-60(43)37-28-53(29-37)18-22-59(23-19-53)36-11-12-41(45(25-36)70-47-24-35-15-20-54-49(35)57-50(47)55-30-33(3)62)51(63)58-71(67,68)38-26-44(61(65)66)48-46(27-38)69-31-42(56-48)34-13-16-52(4,64)17-14-34/h5-6,8-9,11-12,15,20,24-27,32-34,37,42-43,56,62,64H,7,10,13-14,16-19,21-23,28-31H2,1-4H3,(H,58,63)(H2,54,55,57)/t33-,34?,42+,43-,52?/m0/s1. The smallest absolute Gasteiger partial charge is 0.297 e. The Kier molecular flexibility index (Phi) is 13.2. The molecule has 3 aromatic carbocycles. The molecule has 2 aliphatic carbocycles. The maximum Gasteiger partial charge on any atom is 0.297 e. The van der Waals surface area contributed by atoms with Gasteiger partial charge in [0.05, 0.1) is 33.1 Å². The molecular formula is C53H66N8O9S. The minimum Gasteiger partial charge on any atom is -0.489 e. The zero-order valence-corrected chi connectivity index (χ0v) is 41.8. The van der Waals surface area contributed by atoms with Crippen LogP contribution in [0.4, 0.5) is 22.9 Å². The van der Waals surface area contributed by atoms with Crippen molar-refractivity contribution in [2.45, 2.75) is 133 Å². The molecule has 2 saturated heterocycles. The molecule has 71 heavy (non-hydrogen) atoms. The Morgan fingerprint density at radius 1 is 1.00 bits per heavy atom. The highest BCUT2D eigenvalue weighted by Crippen LogP contribution is 2.54. The van der Waals surface area contributed by atoms with Crippen LogP contribution in [0, 0.1) is 21.4 Å². The number of nitrogens with zero attached hydrogens (tertiary/aromatic N) is 4. The Morgan fingerprint density at radius 3 is 2.49 bits per heavy atom. The summed E-state index contributed by atoms with van der Waals surface area (Å²) in [6.45, 7) is 11.0. The highest BCUT2D eigenvalue weighted by atomic mass is 32.2. The number of rotatable bonds is 14.